The van der Waals surface area contributed by atoms with Crippen molar-refractivity contribution in [3.63, 3.8) is 0 Å². The van der Waals surface area contributed by atoms with Crippen LogP contribution in [0.1, 0.15) is 53.9 Å². The minimum Gasteiger partial charge on any atom is -0.544 e. The summed E-state index contributed by atoms with van der Waals surface area (Å²) in [4.78, 5) is 22.2. The highest BCUT2D eigenvalue weighted by atomic mass is 28.4. The standard InChI is InChI=1S/C26H42O5Si/c1-22(16-13-11-9-10-12-14-21-30-23(2)27)17-15-18-24(19-20-25(28)29-6)31-32(7,8)26(3,4)5/h9-14,18-20,22H,15-17,21H2,1-8H3/b10-9+,13-11+,14-12+,20-19+,24-18-/t22-/m0/s1. The van der Waals surface area contributed by atoms with Crippen LogP contribution in [0.25, 0.3) is 0 Å². The Morgan fingerprint density at radius 3 is 2.19 bits per heavy atom. The van der Waals surface area contributed by atoms with Gasteiger partial charge in [0.05, 0.1) is 12.9 Å². The third-order valence-electron chi connectivity index (χ3n) is 5.30. The van der Waals surface area contributed by atoms with Crippen LogP contribution in [-0.2, 0) is 23.5 Å². The minimum absolute atomic E-state index is 0.0758. The molecule has 0 aliphatic heterocycles. The van der Waals surface area contributed by atoms with Crippen molar-refractivity contribution in [2.45, 2.75) is 72.0 Å². The lowest BCUT2D eigenvalue weighted by Gasteiger charge is -2.36. The van der Waals surface area contributed by atoms with Gasteiger partial charge in [-0.25, -0.2) is 4.79 Å². The molecule has 0 spiro atoms. The Bertz CT molecular complexity index is 721. The second kappa shape index (κ2) is 15.5. The van der Waals surface area contributed by atoms with Gasteiger partial charge in [-0.1, -0.05) is 58.1 Å². The Labute approximate surface area is 196 Å². The summed E-state index contributed by atoms with van der Waals surface area (Å²) < 4.78 is 15.9. The largest absolute Gasteiger partial charge is 0.544 e. The van der Waals surface area contributed by atoms with E-state index in [1.54, 1.807) is 12.2 Å². The van der Waals surface area contributed by atoms with Crippen LogP contribution in [0.4, 0.5) is 0 Å². The lowest BCUT2D eigenvalue weighted by atomic mass is 10.0. The summed E-state index contributed by atoms with van der Waals surface area (Å²) >= 11 is 0. The average Bonchev–Trinajstić information content (AvgIpc) is 2.69. The fourth-order valence-electron chi connectivity index (χ4n) is 2.25. The first-order chi connectivity index (χ1) is 14.9. The van der Waals surface area contributed by atoms with Crippen molar-refractivity contribution in [3.8, 4) is 0 Å². The maximum absolute atomic E-state index is 11.5. The van der Waals surface area contributed by atoms with Crippen molar-refractivity contribution in [1.29, 1.82) is 0 Å². The van der Waals surface area contributed by atoms with Gasteiger partial charge in [-0.3, -0.25) is 4.79 Å². The molecule has 5 nitrogen and oxygen atoms in total. The summed E-state index contributed by atoms with van der Waals surface area (Å²) in [6.07, 6.45) is 19.8. The zero-order valence-electron chi connectivity index (χ0n) is 21.1. The van der Waals surface area contributed by atoms with Gasteiger partial charge in [-0.15, -0.1) is 0 Å². The van der Waals surface area contributed by atoms with E-state index in [-0.39, 0.29) is 17.0 Å². The number of rotatable bonds is 13. The molecule has 180 valence electrons. The molecule has 0 aliphatic rings. The molecule has 0 aromatic carbocycles. The van der Waals surface area contributed by atoms with Gasteiger partial charge < -0.3 is 13.9 Å². The van der Waals surface area contributed by atoms with Crippen LogP contribution in [0.2, 0.25) is 18.1 Å². The molecule has 0 rings (SSSR count). The molecule has 0 radical (unpaired) electrons. The minimum atomic E-state index is -2.00. The van der Waals surface area contributed by atoms with Crippen molar-refractivity contribution < 1.29 is 23.5 Å². The third-order valence-corrected chi connectivity index (χ3v) is 9.65. The number of allylic oxidation sites excluding steroid dienone is 7. The zero-order chi connectivity index (χ0) is 24.6. The highest BCUT2D eigenvalue weighted by Gasteiger charge is 2.39. The number of ether oxygens (including phenoxy) is 2. The first kappa shape index (κ1) is 29.7. The highest BCUT2D eigenvalue weighted by molar-refractivity contribution is 6.74. The molecule has 0 bridgehead atoms. The van der Waals surface area contributed by atoms with Crippen molar-refractivity contribution >= 4 is 20.3 Å². The zero-order valence-corrected chi connectivity index (χ0v) is 22.1. The monoisotopic (exact) mass is 462 g/mol. The van der Waals surface area contributed by atoms with E-state index in [9.17, 15) is 9.59 Å². The van der Waals surface area contributed by atoms with Gasteiger partial charge >= 0.3 is 11.9 Å². The van der Waals surface area contributed by atoms with Crippen LogP contribution >= 0.6 is 0 Å². The molecule has 0 heterocycles. The van der Waals surface area contributed by atoms with Crippen LogP contribution in [0, 0.1) is 5.92 Å². The van der Waals surface area contributed by atoms with Crippen LogP contribution in [0.15, 0.2) is 60.4 Å². The molecule has 0 amide bonds. The Hall–Kier alpha value is -2.34. The predicted molar refractivity (Wildman–Crippen MR) is 135 cm³/mol. The number of hydrogen-bond donors (Lipinski definition) is 0. The van der Waals surface area contributed by atoms with Gasteiger partial charge in [-0.2, -0.15) is 0 Å². The molecule has 6 heteroatoms. The van der Waals surface area contributed by atoms with Gasteiger partial charge in [0.2, 0.25) is 8.32 Å². The van der Waals surface area contributed by atoms with E-state index < -0.39 is 8.32 Å². The summed E-state index contributed by atoms with van der Waals surface area (Å²) in [5.74, 6) is 0.602. The van der Waals surface area contributed by atoms with E-state index in [1.807, 2.05) is 24.3 Å². The van der Waals surface area contributed by atoms with Gasteiger partial charge in [-0.05, 0) is 61.5 Å². The maximum Gasteiger partial charge on any atom is 0.330 e. The second-order valence-electron chi connectivity index (χ2n) is 9.29. The number of carbonyl (C=O) groups is 2. The molecule has 0 aliphatic carbocycles. The summed E-state index contributed by atoms with van der Waals surface area (Å²) in [5, 5.41) is 0.0758. The molecule has 0 N–H and O–H groups in total. The van der Waals surface area contributed by atoms with Crippen LogP contribution in [0.3, 0.4) is 0 Å². The lowest BCUT2D eigenvalue weighted by molar-refractivity contribution is -0.139. The van der Waals surface area contributed by atoms with E-state index in [1.165, 1.54) is 20.1 Å². The normalized spacial score (nSPS) is 14.6. The van der Waals surface area contributed by atoms with E-state index >= 15 is 0 Å². The highest BCUT2D eigenvalue weighted by Crippen LogP contribution is 2.38. The fraction of sp³-hybridized carbons (Fsp3) is 0.538. The molecule has 0 aromatic rings. The predicted octanol–water partition coefficient (Wildman–Crippen LogP) is 6.66. The molecule has 0 saturated heterocycles. The molecule has 0 saturated carbocycles. The Morgan fingerprint density at radius 2 is 1.62 bits per heavy atom. The Morgan fingerprint density at radius 1 is 1.00 bits per heavy atom. The number of carbonyl (C=O) groups excluding carboxylic acids is 2. The van der Waals surface area contributed by atoms with E-state index in [2.05, 4.69) is 52.9 Å². The summed E-state index contributed by atoms with van der Waals surface area (Å²) in [6.45, 7) is 14.9. The maximum atomic E-state index is 11.5. The fourth-order valence-corrected chi connectivity index (χ4v) is 3.30. The first-order valence-corrected chi connectivity index (χ1v) is 14.1. The third kappa shape index (κ3) is 14.6. The molecule has 1 atom stereocenters. The Kier molecular flexibility index (Phi) is 14.3. The molecule has 0 fully saturated rings. The van der Waals surface area contributed by atoms with Crippen molar-refractivity contribution in [2.24, 2.45) is 5.92 Å². The smallest absolute Gasteiger partial charge is 0.330 e. The second-order valence-corrected chi connectivity index (χ2v) is 14.0. The number of esters is 2. The molecule has 0 aromatic heterocycles. The van der Waals surface area contributed by atoms with Crippen molar-refractivity contribution in [1.82, 2.24) is 0 Å². The van der Waals surface area contributed by atoms with Gasteiger partial charge in [0, 0.05) is 13.0 Å². The number of hydrogen-bond acceptors (Lipinski definition) is 5. The average molecular weight is 463 g/mol. The topological polar surface area (TPSA) is 61.8 Å². The van der Waals surface area contributed by atoms with Gasteiger partial charge in [0.1, 0.15) is 6.61 Å². The molecular weight excluding hydrogens is 420 g/mol. The lowest BCUT2D eigenvalue weighted by Crippen LogP contribution is -2.40. The van der Waals surface area contributed by atoms with Crippen LogP contribution in [-0.4, -0.2) is 34.0 Å². The van der Waals surface area contributed by atoms with E-state index in [0.717, 1.165) is 25.0 Å². The van der Waals surface area contributed by atoms with Gasteiger partial charge in [0.25, 0.3) is 0 Å². The SMILES string of the molecule is COC(=O)/C=C/C(=C/CC[C@@H](C)C/C=C/C=C/C=C/COC(C)=O)O[Si](C)(C)C(C)(C)C. The molecular formula is C26H42O5Si. The summed E-state index contributed by atoms with van der Waals surface area (Å²) in [5.41, 5.74) is 0. The van der Waals surface area contributed by atoms with E-state index in [4.69, 9.17) is 13.9 Å². The quantitative estimate of drug-likeness (QED) is 0.101. The van der Waals surface area contributed by atoms with Crippen molar-refractivity contribution in [3.05, 3.63) is 60.4 Å². The summed E-state index contributed by atoms with van der Waals surface area (Å²) in [7, 11) is -0.627. The van der Waals surface area contributed by atoms with E-state index in [0.29, 0.717) is 12.5 Å². The molecule has 0 unspecified atom stereocenters. The first-order valence-electron chi connectivity index (χ1n) is 11.2. The molecule has 32 heavy (non-hydrogen) atoms. The number of methoxy groups -OCH3 is 1. The van der Waals surface area contributed by atoms with Crippen molar-refractivity contribution in [2.75, 3.05) is 13.7 Å². The van der Waals surface area contributed by atoms with Crippen LogP contribution < -0.4 is 0 Å². The van der Waals surface area contributed by atoms with Gasteiger partial charge in [0.15, 0.2) is 0 Å². The Balaban J connectivity index is 4.71. The van der Waals surface area contributed by atoms with Crippen LogP contribution in [0.5, 0.6) is 0 Å². The summed E-state index contributed by atoms with van der Waals surface area (Å²) in [6, 6.07) is 0.